The SMILES string of the molecule is CCCCCCCCCCCCCCCCOCC(OCc1ccccc1)C(O)C(C)C. The predicted molar refractivity (Wildman–Crippen MR) is 137 cm³/mol. The minimum absolute atomic E-state index is 0.153. The molecule has 0 fully saturated rings. The first-order valence-corrected chi connectivity index (χ1v) is 13.6. The quantitative estimate of drug-likeness (QED) is 0.182. The summed E-state index contributed by atoms with van der Waals surface area (Å²) in [5.41, 5.74) is 1.13. The summed E-state index contributed by atoms with van der Waals surface area (Å²) < 4.78 is 11.9. The molecule has 32 heavy (non-hydrogen) atoms. The molecule has 0 aliphatic heterocycles. The minimum Gasteiger partial charge on any atom is -0.390 e. The van der Waals surface area contributed by atoms with Gasteiger partial charge in [0.1, 0.15) is 6.10 Å². The smallest absolute Gasteiger partial charge is 0.107 e. The maximum atomic E-state index is 10.5. The van der Waals surface area contributed by atoms with Crippen LogP contribution in [0.25, 0.3) is 0 Å². The van der Waals surface area contributed by atoms with Crippen molar-refractivity contribution in [3.8, 4) is 0 Å². The molecule has 0 aliphatic rings. The third-order valence-corrected chi connectivity index (χ3v) is 6.30. The van der Waals surface area contributed by atoms with Crippen molar-refractivity contribution >= 4 is 0 Å². The molecule has 0 amide bonds. The van der Waals surface area contributed by atoms with Crippen LogP contribution in [0.5, 0.6) is 0 Å². The molecule has 0 heterocycles. The van der Waals surface area contributed by atoms with Gasteiger partial charge in [-0.2, -0.15) is 0 Å². The van der Waals surface area contributed by atoms with Crippen molar-refractivity contribution in [2.75, 3.05) is 13.2 Å². The van der Waals surface area contributed by atoms with Crippen LogP contribution in [0.1, 0.15) is 116 Å². The highest BCUT2D eigenvalue weighted by Gasteiger charge is 2.23. The number of hydrogen-bond donors (Lipinski definition) is 1. The number of rotatable bonds is 22. The van der Waals surface area contributed by atoms with E-state index in [0.29, 0.717) is 13.2 Å². The summed E-state index contributed by atoms with van der Waals surface area (Å²) in [5.74, 6) is 0.153. The van der Waals surface area contributed by atoms with Crippen LogP contribution in [0.3, 0.4) is 0 Å². The number of hydrogen-bond acceptors (Lipinski definition) is 3. The highest BCUT2D eigenvalue weighted by molar-refractivity contribution is 5.13. The first-order valence-electron chi connectivity index (χ1n) is 13.6. The normalized spacial score (nSPS) is 13.5. The van der Waals surface area contributed by atoms with Crippen molar-refractivity contribution in [1.29, 1.82) is 0 Å². The molecular formula is C29H52O3. The zero-order valence-corrected chi connectivity index (χ0v) is 21.4. The lowest BCUT2D eigenvalue weighted by atomic mass is 10.0. The van der Waals surface area contributed by atoms with E-state index in [9.17, 15) is 5.11 Å². The molecule has 3 heteroatoms. The summed E-state index contributed by atoms with van der Waals surface area (Å²) in [7, 11) is 0. The Morgan fingerprint density at radius 1 is 0.719 bits per heavy atom. The van der Waals surface area contributed by atoms with Gasteiger partial charge in [0.15, 0.2) is 0 Å². The Morgan fingerprint density at radius 2 is 1.22 bits per heavy atom. The van der Waals surface area contributed by atoms with E-state index in [0.717, 1.165) is 18.6 Å². The van der Waals surface area contributed by atoms with Gasteiger partial charge < -0.3 is 14.6 Å². The molecule has 1 N–H and O–H groups in total. The predicted octanol–water partition coefficient (Wildman–Crippen LogP) is 8.09. The van der Waals surface area contributed by atoms with E-state index in [1.807, 2.05) is 44.2 Å². The number of benzene rings is 1. The summed E-state index contributed by atoms with van der Waals surface area (Å²) in [6.45, 7) is 8.06. The van der Waals surface area contributed by atoms with Crippen LogP contribution in [0, 0.1) is 5.92 Å². The third kappa shape index (κ3) is 15.8. The highest BCUT2D eigenvalue weighted by Crippen LogP contribution is 2.15. The topological polar surface area (TPSA) is 38.7 Å². The molecule has 1 rings (SSSR count). The molecular weight excluding hydrogens is 396 g/mol. The average molecular weight is 449 g/mol. The molecule has 186 valence electrons. The summed E-state index contributed by atoms with van der Waals surface area (Å²) >= 11 is 0. The van der Waals surface area contributed by atoms with Crippen molar-refractivity contribution < 1.29 is 14.6 Å². The lowest BCUT2D eigenvalue weighted by Gasteiger charge is -2.26. The Balaban J connectivity index is 1.98. The molecule has 1 aromatic carbocycles. The minimum atomic E-state index is -0.505. The van der Waals surface area contributed by atoms with E-state index in [-0.39, 0.29) is 12.0 Å². The van der Waals surface area contributed by atoms with E-state index in [2.05, 4.69) is 6.92 Å². The molecule has 1 aromatic rings. The monoisotopic (exact) mass is 448 g/mol. The van der Waals surface area contributed by atoms with Crippen molar-refractivity contribution in [3.05, 3.63) is 35.9 Å². The molecule has 3 nitrogen and oxygen atoms in total. The summed E-state index contributed by atoms with van der Waals surface area (Å²) in [6, 6.07) is 10.1. The maximum Gasteiger partial charge on any atom is 0.107 e. The van der Waals surface area contributed by atoms with Gasteiger partial charge in [-0.1, -0.05) is 135 Å². The van der Waals surface area contributed by atoms with Gasteiger partial charge in [0, 0.05) is 6.61 Å². The molecule has 0 bridgehead atoms. The Morgan fingerprint density at radius 3 is 1.72 bits per heavy atom. The Labute approximate surface area is 199 Å². The number of unbranched alkanes of at least 4 members (excludes halogenated alkanes) is 13. The van der Waals surface area contributed by atoms with E-state index in [4.69, 9.17) is 9.47 Å². The Kier molecular flexibility index (Phi) is 18.8. The van der Waals surface area contributed by atoms with Crippen LogP contribution >= 0.6 is 0 Å². The zero-order chi connectivity index (χ0) is 23.3. The van der Waals surface area contributed by atoms with Crippen LogP contribution < -0.4 is 0 Å². The summed E-state index contributed by atoms with van der Waals surface area (Å²) in [5, 5.41) is 10.5. The van der Waals surface area contributed by atoms with Gasteiger partial charge in [-0.15, -0.1) is 0 Å². The lowest BCUT2D eigenvalue weighted by Crippen LogP contribution is -2.37. The molecule has 0 saturated heterocycles. The van der Waals surface area contributed by atoms with E-state index in [1.165, 1.54) is 83.5 Å². The fourth-order valence-electron chi connectivity index (χ4n) is 4.05. The van der Waals surface area contributed by atoms with Crippen LogP contribution in [-0.4, -0.2) is 30.5 Å². The second-order valence-electron chi connectivity index (χ2n) is 9.74. The number of aliphatic hydroxyl groups excluding tert-OH is 1. The highest BCUT2D eigenvalue weighted by atomic mass is 16.5. The van der Waals surface area contributed by atoms with Gasteiger partial charge in [-0.25, -0.2) is 0 Å². The molecule has 0 aliphatic carbocycles. The third-order valence-electron chi connectivity index (χ3n) is 6.30. The average Bonchev–Trinajstić information content (AvgIpc) is 2.80. The Bertz CT molecular complexity index is 502. The van der Waals surface area contributed by atoms with Crippen LogP contribution in [0.2, 0.25) is 0 Å². The van der Waals surface area contributed by atoms with Crippen molar-refractivity contribution in [2.24, 2.45) is 5.92 Å². The maximum absolute atomic E-state index is 10.5. The largest absolute Gasteiger partial charge is 0.390 e. The Hall–Kier alpha value is -0.900. The fourth-order valence-corrected chi connectivity index (χ4v) is 4.05. The van der Waals surface area contributed by atoms with Crippen LogP contribution in [0.4, 0.5) is 0 Å². The fraction of sp³-hybridized carbons (Fsp3) is 0.793. The summed E-state index contributed by atoms with van der Waals surface area (Å²) in [4.78, 5) is 0. The van der Waals surface area contributed by atoms with Gasteiger partial charge in [-0.05, 0) is 17.9 Å². The summed E-state index contributed by atoms with van der Waals surface area (Å²) in [6.07, 6.45) is 18.3. The molecule has 2 atom stereocenters. The van der Waals surface area contributed by atoms with Crippen molar-refractivity contribution in [1.82, 2.24) is 0 Å². The van der Waals surface area contributed by atoms with E-state index in [1.54, 1.807) is 0 Å². The lowest BCUT2D eigenvalue weighted by molar-refractivity contribution is -0.0996. The van der Waals surface area contributed by atoms with Gasteiger partial charge >= 0.3 is 0 Å². The van der Waals surface area contributed by atoms with Crippen LogP contribution in [0.15, 0.2) is 30.3 Å². The molecule has 0 radical (unpaired) electrons. The standard InChI is InChI=1S/C29H52O3/c1-4-5-6-7-8-9-10-11-12-13-14-15-16-20-23-31-25-28(29(30)26(2)3)32-24-27-21-18-17-19-22-27/h17-19,21-22,26,28-30H,4-16,20,23-25H2,1-3H3. The van der Waals surface area contributed by atoms with Crippen molar-refractivity contribution in [2.45, 2.75) is 129 Å². The molecule has 0 spiro atoms. The second kappa shape index (κ2) is 20.7. The van der Waals surface area contributed by atoms with Crippen LogP contribution in [-0.2, 0) is 16.1 Å². The zero-order valence-electron chi connectivity index (χ0n) is 21.4. The first-order chi connectivity index (χ1) is 15.6. The second-order valence-corrected chi connectivity index (χ2v) is 9.74. The van der Waals surface area contributed by atoms with Crippen molar-refractivity contribution in [3.63, 3.8) is 0 Å². The van der Waals surface area contributed by atoms with Gasteiger partial charge in [0.2, 0.25) is 0 Å². The van der Waals surface area contributed by atoms with Gasteiger partial charge in [-0.3, -0.25) is 0 Å². The molecule has 0 saturated carbocycles. The number of aliphatic hydroxyl groups is 1. The molecule has 0 aromatic heterocycles. The van der Waals surface area contributed by atoms with Gasteiger partial charge in [0.05, 0.1) is 19.3 Å². The van der Waals surface area contributed by atoms with E-state index < -0.39 is 6.10 Å². The van der Waals surface area contributed by atoms with E-state index >= 15 is 0 Å². The van der Waals surface area contributed by atoms with Gasteiger partial charge in [0.25, 0.3) is 0 Å². The first kappa shape index (κ1) is 29.1. The number of ether oxygens (including phenoxy) is 2. The molecule has 2 unspecified atom stereocenters.